The summed E-state index contributed by atoms with van der Waals surface area (Å²) >= 11 is 0. The molecule has 5 heteroatoms. The zero-order valence-corrected chi connectivity index (χ0v) is 10.9. The molecule has 1 rings (SSSR count). The number of carbonyl (C=O) groups excluding carboxylic acids is 1. The average molecular weight is 267 g/mol. The van der Waals surface area contributed by atoms with Gasteiger partial charge in [0.25, 0.3) is 5.91 Å². The number of nitrogens with one attached hydrogen (secondary N) is 1. The second-order valence-electron chi connectivity index (χ2n) is 4.59. The van der Waals surface area contributed by atoms with E-state index < -0.39 is 5.97 Å². The van der Waals surface area contributed by atoms with Gasteiger partial charge in [0.15, 0.2) is 0 Å². The summed E-state index contributed by atoms with van der Waals surface area (Å²) in [6.45, 7) is 2.43. The molecule has 0 fully saturated rings. The fraction of sp³-hybridized carbons (Fsp3) is 0.429. The Hall–Kier alpha value is -1.91. The topological polar surface area (TPSA) is 66.4 Å². The van der Waals surface area contributed by atoms with Crippen LogP contribution in [0.25, 0.3) is 0 Å². The highest BCUT2D eigenvalue weighted by atomic mass is 19.1. The van der Waals surface area contributed by atoms with E-state index in [4.69, 9.17) is 5.11 Å². The first-order valence-corrected chi connectivity index (χ1v) is 6.24. The third kappa shape index (κ3) is 5.99. The second-order valence-corrected chi connectivity index (χ2v) is 4.59. The van der Waals surface area contributed by atoms with Crippen molar-refractivity contribution in [2.45, 2.75) is 26.2 Å². The van der Waals surface area contributed by atoms with Crippen LogP contribution in [0.15, 0.2) is 24.3 Å². The highest BCUT2D eigenvalue weighted by Crippen LogP contribution is 2.09. The van der Waals surface area contributed by atoms with Gasteiger partial charge < -0.3 is 10.4 Å². The van der Waals surface area contributed by atoms with E-state index in [1.54, 1.807) is 0 Å². The van der Waals surface area contributed by atoms with Crippen molar-refractivity contribution in [2.24, 2.45) is 5.92 Å². The molecular weight excluding hydrogens is 249 g/mol. The van der Waals surface area contributed by atoms with E-state index in [2.05, 4.69) is 5.32 Å². The molecule has 1 unspecified atom stereocenters. The number of carbonyl (C=O) groups is 2. The van der Waals surface area contributed by atoms with Crippen LogP contribution >= 0.6 is 0 Å². The van der Waals surface area contributed by atoms with Crippen LogP contribution in [0.5, 0.6) is 0 Å². The molecule has 1 aromatic rings. The van der Waals surface area contributed by atoms with Crippen LogP contribution in [-0.2, 0) is 4.79 Å². The lowest BCUT2D eigenvalue weighted by molar-refractivity contribution is -0.137. The van der Waals surface area contributed by atoms with E-state index in [-0.39, 0.29) is 24.1 Å². The van der Waals surface area contributed by atoms with Crippen LogP contribution in [0.3, 0.4) is 0 Å². The molecule has 1 atom stereocenters. The van der Waals surface area contributed by atoms with Gasteiger partial charge >= 0.3 is 5.97 Å². The van der Waals surface area contributed by atoms with Gasteiger partial charge in [0.05, 0.1) is 0 Å². The summed E-state index contributed by atoms with van der Waals surface area (Å²) in [5.74, 6) is -1.18. The van der Waals surface area contributed by atoms with Crippen molar-refractivity contribution in [2.75, 3.05) is 6.54 Å². The summed E-state index contributed by atoms with van der Waals surface area (Å²) in [4.78, 5) is 22.1. The molecule has 0 bridgehead atoms. The lowest BCUT2D eigenvalue weighted by Crippen LogP contribution is -2.25. The normalized spacial score (nSPS) is 11.9. The molecule has 4 nitrogen and oxygen atoms in total. The van der Waals surface area contributed by atoms with E-state index in [9.17, 15) is 14.0 Å². The molecule has 0 aliphatic heterocycles. The van der Waals surface area contributed by atoms with Crippen LogP contribution < -0.4 is 5.32 Å². The predicted molar refractivity (Wildman–Crippen MR) is 69.4 cm³/mol. The van der Waals surface area contributed by atoms with Gasteiger partial charge in [-0.1, -0.05) is 6.92 Å². The SMILES string of the molecule is CC(CCNC(=O)c1ccc(F)cc1)CCC(=O)O. The lowest BCUT2D eigenvalue weighted by Gasteiger charge is -2.10. The summed E-state index contributed by atoms with van der Waals surface area (Å²) in [5.41, 5.74) is 0.416. The van der Waals surface area contributed by atoms with Gasteiger partial charge in [-0.15, -0.1) is 0 Å². The van der Waals surface area contributed by atoms with Crippen molar-refractivity contribution in [1.29, 1.82) is 0 Å². The van der Waals surface area contributed by atoms with Crippen molar-refractivity contribution in [3.8, 4) is 0 Å². The van der Waals surface area contributed by atoms with Crippen LogP contribution in [0.1, 0.15) is 36.5 Å². The molecule has 0 saturated heterocycles. The molecule has 0 spiro atoms. The van der Waals surface area contributed by atoms with E-state index in [0.717, 1.165) is 6.42 Å². The fourth-order valence-electron chi connectivity index (χ4n) is 1.65. The Morgan fingerprint density at radius 2 is 1.89 bits per heavy atom. The van der Waals surface area contributed by atoms with Crippen LogP contribution in [-0.4, -0.2) is 23.5 Å². The van der Waals surface area contributed by atoms with Crippen LogP contribution in [0.2, 0.25) is 0 Å². The number of hydrogen-bond acceptors (Lipinski definition) is 2. The van der Waals surface area contributed by atoms with Gasteiger partial charge in [0, 0.05) is 18.5 Å². The molecule has 0 saturated carbocycles. The molecule has 1 aromatic carbocycles. The Morgan fingerprint density at radius 3 is 2.47 bits per heavy atom. The zero-order chi connectivity index (χ0) is 14.3. The molecule has 0 aromatic heterocycles. The minimum absolute atomic E-state index is 0.146. The molecule has 104 valence electrons. The molecule has 0 aliphatic rings. The van der Waals surface area contributed by atoms with Crippen LogP contribution in [0, 0.1) is 11.7 Å². The Balaban J connectivity index is 2.27. The minimum atomic E-state index is -0.804. The molecule has 0 radical (unpaired) electrons. The average Bonchev–Trinajstić information content (AvgIpc) is 2.37. The first-order valence-electron chi connectivity index (χ1n) is 6.24. The van der Waals surface area contributed by atoms with Crippen LogP contribution in [0.4, 0.5) is 4.39 Å². The minimum Gasteiger partial charge on any atom is -0.481 e. The Bertz CT molecular complexity index is 431. The number of hydrogen-bond donors (Lipinski definition) is 2. The third-order valence-corrected chi connectivity index (χ3v) is 2.88. The van der Waals surface area contributed by atoms with Gasteiger partial charge in [0.2, 0.25) is 0 Å². The van der Waals surface area contributed by atoms with E-state index in [0.29, 0.717) is 18.5 Å². The number of amides is 1. The molecule has 19 heavy (non-hydrogen) atoms. The summed E-state index contributed by atoms with van der Waals surface area (Å²) in [7, 11) is 0. The lowest BCUT2D eigenvalue weighted by atomic mass is 10.0. The number of aliphatic carboxylic acids is 1. The van der Waals surface area contributed by atoms with Gasteiger partial charge in [-0.2, -0.15) is 0 Å². The number of benzene rings is 1. The summed E-state index contributed by atoms with van der Waals surface area (Å²) in [6.07, 6.45) is 1.47. The first kappa shape index (κ1) is 15.1. The van der Waals surface area contributed by atoms with Crippen molar-refractivity contribution < 1.29 is 19.1 Å². The maximum atomic E-state index is 12.7. The molecule has 1 amide bonds. The standard InChI is InChI=1S/C14H18FNO3/c1-10(2-7-13(17)18)8-9-16-14(19)11-3-5-12(15)6-4-11/h3-6,10H,2,7-9H2,1H3,(H,16,19)(H,17,18). The summed E-state index contributed by atoms with van der Waals surface area (Å²) in [6, 6.07) is 5.34. The zero-order valence-electron chi connectivity index (χ0n) is 10.9. The fourth-order valence-corrected chi connectivity index (χ4v) is 1.65. The number of carboxylic acids is 1. The van der Waals surface area contributed by atoms with Gasteiger partial charge in [-0.3, -0.25) is 9.59 Å². The molecule has 2 N–H and O–H groups in total. The van der Waals surface area contributed by atoms with Crippen molar-refractivity contribution in [3.63, 3.8) is 0 Å². The Labute approximate surface area is 111 Å². The number of carboxylic acid groups (broad SMARTS) is 1. The monoisotopic (exact) mass is 267 g/mol. The van der Waals surface area contributed by atoms with Crippen molar-refractivity contribution in [3.05, 3.63) is 35.6 Å². The Kier molecular flexibility index (Phi) is 5.99. The smallest absolute Gasteiger partial charge is 0.303 e. The maximum Gasteiger partial charge on any atom is 0.303 e. The summed E-state index contributed by atoms with van der Waals surface area (Å²) in [5, 5.41) is 11.3. The summed E-state index contributed by atoms with van der Waals surface area (Å²) < 4.78 is 12.7. The van der Waals surface area contributed by atoms with E-state index >= 15 is 0 Å². The van der Waals surface area contributed by atoms with Gasteiger partial charge in [0.1, 0.15) is 5.82 Å². The quantitative estimate of drug-likeness (QED) is 0.797. The van der Waals surface area contributed by atoms with E-state index in [1.165, 1.54) is 24.3 Å². The predicted octanol–water partition coefficient (Wildman–Crippen LogP) is 2.45. The maximum absolute atomic E-state index is 12.7. The van der Waals surface area contributed by atoms with Gasteiger partial charge in [-0.05, 0) is 43.0 Å². The highest BCUT2D eigenvalue weighted by molar-refractivity contribution is 5.94. The second kappa shape index (κ2) is 7.51. The number of halogens is 1. The molecule has 0 heterocycles. The van der Waals surface area contributed by atoms with Crippen molar-refractivity contribution >= 4 is 11.9 Å². The first-order chi connectivity index (χ1) is 8.99. The van der Waals surface area contributed by atoms with E-state index in [1.807, 2.05) is 6.92 Å². The largest absolute Gasteiger partial charge is 0.481 e. The van der Waals surface area contributed by atoms with Crippen molar-refractivity contribution in [1.82, 2.24) is 5.32 Å². The van der Waals surface area contributed by atoms with Gasteiger partial charge in [-0.25, -0.2) is 4.39 Å². The molecular formula is C14H18FNO3. The Morgan fingerprint density at radius 1 is 1.26 bits per heavy atom. The third-order valence-electron chi connectivity index (χ3n) is 2.88. The highest BCUT2D eigenvalue weighted by Gasteiger charge is 2.08. The molecule has 0 aliphatic carbocycles. The number of rotatable bonds is 7.